The number of fused-ring (bicyclic) bond motifs is 4. The molecule has 1 aliphatic carbocycles. The van der Waals surface area contributed by atoms with Crippen LogP contribution in [-0.2, 0) is 0 Å². The molecule has 1 saturated heterocycles. The summed E-state index contributed by atoms with van der Waals surface area (Å²) in [6.07, 6.45) is 3.81. The van der Waals surface area contributed by atoms with Crippen LogP contribution >= 0.6 is 0 Å². The van der Waals surface area contributed by atoms with Crippen molar-refractivity contribution in [1.29, 1.82) is 15.8 Å². The third-order valence-electron chi connectivity index (χ3n) is 6.46. The molecule has 4 rings (SSSR count). The molecule has 2 bridgehead atoms. The van der Waals surface area contributed by atoms with Gasteiger partial charge in [-0.1, -0.05) is 24.3 Å². The maximum absolute atomic E-state index is 14.8. The lowest BCUT2D eigenvalue weighted by Gasteiger charge is -2.48. The number of benzene rings is 1. The molecule has 0 aromatic heterocycles. The first-order valence-electron chi connectivity index (χ1n) is 8.91. The van der Waals surface area contributed by atoms with Crippen LogP contribution in [0.25, 0.3) is 0 Å². The first kappa shape index (κ1) is 17.3. The van der Waals surface area contributed by atoms with Crippen LogP contribution in [0.4, 0.5) is 4.39 Å². The van der Waals surface area contributed by atoms with E-state index in [-0.39, 0.29) is 29.3 Å². The van der Waals surface area contributed by atoms with Crippen LogP contribution in [0.5, 0.6) is 0 Å². The van der Waals surface area contributed by atoms with E-state index in [1.807, 2.05) is 13.1 Å². The number of nitrogens with two attached hydrogens (primary N) is 1. The summed E-state index contributed by atoms with van der Waals surface area (Å²) in [4.78, 5) is 2.21. The molecule has 2 aliphatic heterocycles. The highest BCUT2D eigenvalue weighted by atomic mass is 19.1. The summed E-state index contributed by atoms with van der Waals surface area (Å²) >= 11 is 0. The highest BCUT2D eigenvalue weighted by Gasteiger charge is 2.59. The van der Waals surface area contributed by atoms with Crippen molar-refractivity contribution >= 4 is 0 Å². The summed E-state index contributed by atoms with van der Waals surface area (Å²) in [5.41, 5.74) is 5.68. The van der Waals surface area contributed by atoms with Crippen LogP contribution in [0.2, 0.25) is 0 Å². The zero-order valence-electron chi connectivity index (χ0n) is 14.9. The standard InChI is InChI=1S/C21H18FN5/c1-27-12-6-7-17(27)18-14(8-12)15(9-23)20(26)21(10-24,11-25)19(18)13-4-2-3-5-16(13)22/h2-5,8,12,17-19H,6-7,26H2,1H3. The second-order valence-electron chi connectivity index (χ2n) is 7.46. The van der Waals surface area contributed by atoms with Crippen molar-refractivity contribution in [3.8, 4) is 18.2 Å². The number of nitrogens with zero attached hydrogens (tertiary/aromatic N) is 4. The van der Waals surface area contributed by atoms with Gasteiger partial charge in [0.05, 0.1) is 23.4 Å². The highest BCUT2D eigenvalue weighted by Crippen LogP contribution is 2.58. The first-order chi connectivity index (χ1) is 13.0. The SMILES string of the molecule is CN1C2C=C3C(C#N)=C(N)C(C#N)(C#N)C(c4ccccc4F)C3C1CC2. The lowest BCUT2D eigenvalue weighted by atomic mass is 9.56. The minimum absolute atomic E-state index is 0.0251. The number of hydrogen-bond donors (Lipinski definition) is 1. The largest absolute Gasteiger partial charge is 0.399 e. The Labute approximate surface area is 157 Å². The maximum Gasteiger partial charge on any atom is 0.191 e. The molecular formula is C21H18FN5. The molecule has 1 aromatic carbocycles. The summed E-state index contributed by atoms with van der Waals surface area (Å²) in [7, 11) is 2.00. The average Bonchev–Trinajstić information content (AvgIpc) is 2.91. The molecule has 2 heterocycles. The van der Waals surface area contributed by atoms with Crippen molar-refractivity contribution in [2.24, 2.45) is 17.1 Å². The molecule has 134 valence electrons. The Morgan fingerprint density at radius 1 is 1.19 bits per heavy atom. The second-order valence-corrected chi connectivity index (χ2v) is 7.46. The van der Waals surface area contributed by atoms with Crippen molar-refractivity contribution < 1.29 is 4.39 Å². The van der Waals surface area contributed by atoms with E-state index in [0.717, 1.165) is 18.4 Å². The fourth-order valence-corrected chi connectivity index (χ4v) is 5.16. The van der Waals surface area contributed by atoms with Gasteiger partial charge in [0.15, 0.2) is 5.41 Å². The van der Waals surface area contributed by atoms with Gasteiger partial charge in [0.1, 0.15) is 11.9 Å². The van der Waals surface area contributed by atoms with Crippen molar-refractivity contribution in [3.05, 3.63) is 58.6 Å². The third-order valence-corrected chi connectivity index (χ3v) is 6.46. The van der Waals surface area contributed by atoms with Gasteiger partial charge in [-0.2, -0.15) is 15.8 Å². The zero-order chi connectivity index (χ0) is 19.3. The lowest BCUT2D eigenvalue weighted by molar-refractivity contribution is 0.159. The van der Waals surface area contributed by atoms with Crippen molar-refractivity contribution in [2.75, 3.05) is 7.05 Å². The minimum atomic E-state index is -1.79. The Morgan fingerprint density at radius 2 is 1.89 bits per heavy atom. The summed E-state index contributed by atoms with van der Waals surface area (Å²) < 4.78 is 14.8. The Hall–Kier alpha value is -3.14. The van der Waals surface area contributed by atoms with E-state index < -0.39 is 17.2 Å². The lowest BCUT2D eigenvalue weighted by Crippen LogP contribution is -2.51. The normalized spacial score (nSPS) is 31.3. The molecule has 2 N–H and O–H groups in total. The fourth-order valence-electron chi connectivity index (χ4n) is 5.16. The number of likely N-dealkylation sites (N-methyl/N-ethyl adjacent to an activating group) is 1. The van der Waals surface area contributed by atoms with Gasteiger partial charge in [0.25, 0.3) is 0 Å². The first-order valence-corrected chi connectivity index (χ1v) is 8.91. The van der Waals surface area contributed by atoms with Gasteiger partial charge in [0, 0.05) is 23.9 Å². The van der Waals surface area contributed by atoms with Crippen molar-refractivity contribution in [2.45, 2.75) is 30.8 Å². The monoisotopic (exact) mass is 359 g/mol. The number of allylic oxidation sites excluding steroid dienone is 2. The smallest absolute Gasteiger partial charge is 0.191 e. The zero-order valence-corrected chi connectivity index (χ0v) is 14.9. The molecule has 0 saturated carbocycles. The molecule has 5 nitrogen and oxygen atoms in total. The van der Waals surface area contributed by atoms with E-state index in [1.165, 1.54) is 6.07 Å². The number of hydrogen-bond acceptors (Lipinski definition) is 5. The Morgan fingerprint density at radius 3 is 2.52 bits per heavy atom. The van der Waals surface area contributed by atoms with Gasteiger partial charge < -0.3 is 5.73 Å². The summed E-state index contributed by atoms with van der Waals surface area (Å²) in [6.45, 7) is 0. The van der Waals surface area contributed by atoms with Gasteiger partial charge in [-0.05, 0) is 37.1 Å². The second kappa shape index (κ2) is 5.95. The maximum atomic E-state index is 14.8. The van der Waals surface area contributed by atoms with E-state index in [9.17, 15) is 20.2 Å². The number of nitriles is 3. The molecule has 3 aliphatic rings. The minimum Gasteiger partial charge on any atom is -0.399 e. The van der Waals surface area contributed by atoms with Gasteiger partial charge in [-0.15, -0.1) is 0 Å². The topological polar surface area (TPSA) is 101 Å². The molecular weight excluding hydrogens is 341 g/mol. The molecule has 27 heavy (non-hydrogen) atoms. The quantitative estimate of drug-likeness (QED) is 0.831. The average molecular weight is 359 g/mol. The predicted octanol–water partition coefficient (Wildman–Crippen LogP) is 2.71. The van der Waals surface area contributed by atoms with Gasteiger partial charge in [0.2, 0.25) is 0 Å². The van der Waals surface area contributed by atoms with Gasteiger partial charge in [-0.3, -0.25) is 4.90 Å². The van der Waals surface area contributed by atoms with E-state index in [4.69, 9.17) is 5.73 Å². The molecule has 6 heteroatoms. The van der Waals surface area contributed by atoms with E-state index >= 15 is 0 Å². The van der Waals surface area contributed by atoms with Crippen LogP contribution in [0.3, 0.4) is 0 Å². The van der Waals surface area contributed by atoms with Crippen molar-refractivity contribution in [3.63, 3.8) is 0 Å². The molecule has 4 atom stereocenters. The van der Waals surface area contributed by atoms with E-state index in [1.54, 1.807) is 18.2 Å². The van der Waals surface area contributed by atoms with Gasteiger partial charge in [-0.25, -0.2) is 4.39 Å². The number of halogens is 1. The molecule has 1 aromatic rings. The molecule has 0 amide bonds. The summed E-state index contributed by atoms with van der Waals surface area (Å²) in [6, 6.07) is 12.7. The third kappa shape index (κ3) is 2.10. The van der Waals surface area contributed by atoms with Crippen LogP contribution in [0.1, 0.15) is 24.3 Å². The van der Waals surface area contributed by atoms with Crippen LogP contribution in [-0.4, -0.2) is 24.0 Å². The van der Waals surface area contributed by atoms with E-state index in [2.05, 4.69) is 23.1 Å². The van der Waals surface area contributed by atoms with Crippen LogP contribution in [0, 0.1) is 51.1 Å². The molecule has 0 radical (unpaired) electrons. The van der Waals surface area contributed by atoms with Crippen LogP contribution in [0.15, 0.2) is 47.2 Å². The fraction of sp³-hybridized carbons (Fsp3) is 0.381. The summed E-state index contributed by atoms with van der Waals surface area (Å²) in [5.74, 6) is -1.58. The molecule has 0 spiro atoms. The van der Waals surface area contributed by atoms with E-state index in [0.29, 0.717) is 5.56 Å². The van der Waals surface area contributed by atoms with Gasteiger partial charge >= 0.3 is 0 Å². The van der Waals surface area contributed by atoms with Crippen LogP contribution < -0.4 is 5.73 Å². The molecule has 1 fully saturated rings. The Balaban J connectivity index is 2.08. The molecule has 4 unspecified atom stereocenters. The van der Waals surface area contributed by atoms with Crippen molar-refractivity contribution in [1.82, 2.24) is 4.90 Å². The highest BCUT2D eigenvalue weighted by molar-refractivity contribution is 5.60. The summed E-state index contributed by atoms with van der Waals surface area (Å²) in [5, 5.41) is 29.8. The Bertz CT molecular complexity index is 989. The number of rotatable bonds is 1. The Kier molecular flexibility index (Phi) is 3.81. The predicted molar refractivity (Wildman–Crippen MR) is 95.8 cm³/mol.